The Morgan fingerprint density at radius 1 is 1.41 bits per heavy atom. The Morgan fingerprint density at radius 3 is 3.00 bits per heavy atom. The Labute approximate surface area is 103 Å². The molecule has 0 aromatic heterocycles. The summed E-state index contributed by atoms with van der Waals surface area (Å²) in [4.78, 5) is 14.1. The summed E-state index contributed by atoms with van der Waals surface area (Å²) in [6, 6.07) is 0. The van der Waals surface area contributed by atoms with E-state index in [9.17, 15) is 4.79 Å². The molecule has 0 aromatic rings. The fourth-order valence-corrected chi connectivity index (χ4v) is 2.75. The fourth-order valence-electron chi connectivity index (χ4n) is 2.75. The molecule has 4 heteroatoms. The fraction of sp³-hybridized carbons (Fsp3) is 0.923. The van der Waals surface area contributed by atoms with Crippen molar-refractivity contribution in [2.45, 2.75) is 38.7 Å². The Bertz CT molecular complexity index is 251. The molecule has 2 unspecified atom stereocenters. The van der Waals surface area contributed by atoms with Crippen LogP contribution in [0.25, 0.3) is 0 Å². The van der Waals surface area contributed by atoms with Crippen LogP contribution in [-0.2, 0) is 14.3 Å². The standard InChI is InChI=1S/C13H23NO3/c1-2-16-13(15)11-5-3-7-14(9-11)10-12-6-4-8-17-12/h11-12H,2-10H2,1H3. The van der Waals surface area contributed by atoms with Gasteiger partial charge in [-0.3, -0.25) is 9.69 Å². The summed E-state index contributed by atoms with van der Waals surface area (Å²) in [7, 11) is 0. The van der Waals surface area contributed by atoms with Crippen LogP contribution in [0.15, 0.2) is 0 Å². The van der Waals surface area contributed by atoms with E-state index in [2.05, 4.69) is 4.90 Å². The van der Waals surface area contributed by atoms with Crippen molar-refractivity contribution < 1.29 is 14.3 Å². The molecule has 2 atom stereocenters. The number of esters is 1. The molecule has 2 saturated heterocycles. The second-order valence-corrected chi connectivity index (χ2v) is 4.99. The third-order valence-corrected chi connectivity index (χ3v) is 3.61. The summed E-state index contributed by atoms with van der Waals surface area (Å²) in [5.74, 6) is 0.0506. The van der Waals surface area contributed by atoms with Crippen LogP contribution in [0.3, 0.4) is 0 Å². The van der Waals surface area contributed by atoms with Gasteiger partial charge >= 0.3 is 5.97 Å². The molecule has 4 nitrogen and oxygen atoms in total. The predicted molar refractivity (Wildman–Crippen MR) is 64.8 cm³/mol. The minimum absolute atomic E-state index is 0.0236. The van der Waals surface area contributed by atoms with Crippen LogP contribution in [0.2, 0.25) is 0 Å². The molecule has 2 rings (SSSR count). The van der Waals surface area contributed by atoms with Crippen LogP contribution in [0.4, 0.5) is 0 Å². The molecule has 0 amide bonds. The van der Waals surface area contributed by atoms with Crippen LogP contribution >= 0.6 is 0 Å². The molecule has 2 aliphatic rings. The molecule has 0 aliphatic carbocycles. The molecule has 0 radical (unpaired) electrons. The van der Waals surface area contributed by atoms with Crippen LogP contribution in [-0.4, -0.2) is 49.8 Å². The van der Waals surface area contributed by atoms with E-state index in [0.29, 0.717) is 12.7 Å². The van der Waals surface area contributed by atoms with Gasteiger partial charge in [-0.1, -0.05) is 0 Å². The zero-order chi connectivity index (χ0) is 12.1. The number of hydrogen-bond acceptors (Lipinski definition) is 4. The SMILES string of the molecule is CCOC(=O)C1CCCN(CC2CCCO2)C1. The summed E-state index contributed by atoms with van der Waals surface area (Å²) < 4.78 is 10.7. The highest BCUT2D eigenvalue weighted by Gasteiger charge is 2.28. The van der Waals surface area contributed by atoms with Gasteiger partial charge in [-0.25, -0.2) is 0 Å². The van der Waals surface area contributed by atoms with Gasteiger partial charge < -0.3 is 9.47 Å². The van der Waals surface area contributed by atoms with Crippen molar-refractivity contribution in [1.82, 2.24) is 4.90 Å². The van der Waals surface area contributed by atoms with Gasteiger partial charge in [-0.2, -0.15) is 0 Å². The van der Waals surface area contributed by atoms with Crippen molar-refractivity contribution in [3.8, 4) is 0 Å². The molecule has 0 spiro atoms. The van der Waals surface area contributed by atoms with Gasteiger partial charge in [0.1, 0.15) is 0 Å². The number of nitrogens with zero attached hydrogens (tertiary/aromatic N) is 1. The number of likely N-dealkylation sites (tertiary alicyclic amines) is 1. The highest BCUT2D eigenvalue weighted by Crippen LogP contribution is 2.20. The molecule has 0 N–H and O–H groups in total. The maximum atomic E-state index is 11.7. The second kappa shape index (κ2) is 6.36. The van der Waals surface area contributed by atoms with Crippen molar-refractivity contribution in [2.75, 3.05) is 32.8 Å². The first-order chi connectivity index (χ1) is 8.29. The lowest BCUT2D eigenvalue weighted by Gasteiger charge is -2.32. The van der Waals surface area contributed by atoms with Crippen LogP contribution in [0, 0.1) is 5.92 Å². The molecule has 2 fully saturated rings. The minimum Gasteiger partial charge on any atom is -0.466 e. The van der Waals surface area contributed by atoms with Crippen LogP contribution in [0.1, 0.15) is 32.6 Å². The van der Waals surface area contributed by atoms with Gasteiger partial charge in [0.05, 0.1) is 18.6 Å². The summed E-state index contributed by atoms with van der Waals surface area (Å²) >= 11 is 0. The Hall–Kier alpha value is -0.610. The van der Waals surface area contributed by atoms with Crippen molar-refractivity contribution in [3.05, 3.63) is 0 Å². The average molecular weight is 241 g/mol. The molecule has 98 valence electrons. The lowest BCUT2D eigenvalue weighted by Crippen LogP contribution is -2.42. The number of carbonyl (C=O) groups excluding carboxylic acids is 1. The first-order valence-electron chi connectivity index (χ1n) is 6.80. The molecule has 0 aromatic carbocycles. The van der Waals surface area contributed by atoms with E-state index in [1.165, 1.54) is 12.8 Å². The number of hydrogen-bond donors (Lipinski definition) is 0. The molecular formula is C13H23NO3. The number of rotatable bonds is 4. The molecule has 2 heterocycles. The predicted octanol–water partition coefficient (Wildman–Crippen LogP) is 1.44. The van der Waals surface area contributed by atoms with E-state index >= 15 is 0 Å². The molecule has 0 saturated carbocycles. The molecule has 2 aliphatic heterocycles. The van der Waals surface area contributed by atoms with Crippen LogP contribution in [0.5, 0.6) is 0 Å². The lowest BCUT2D eigenvalue weighted by molar-refractivity contribution is -0.150. The first kappa shape index (κ1) is 12.8. The molecule has 0 bridgehead atoms. The lowest BCUT2D eigenvalue weighted by atomic mass is 9.98. The van der Waals surface area contributed by atoms with Gasteiger partial charge in [-0.15, -0.1) is 0 Å². The average Bonchev–Trinajstić information content (AvgIpc) is 2.82. The van der Waals surface area contributed by atoms with E-state index in [-0.39, 0.29) is 11.9 Å². The van der Waals surface area contributed by atoms with Gasteiger partial charge in [0.2, 0.25) is 0 Å². The highest BCUT2D eigenvalue weighted by atomic mass is 16.5. The maximum Gasteiger partial charge on any atom is 0.310 e. The largest absolute Gasteiger partial charge is 0.466 e. The van der Waals surface area contributed by atoms with Gasteiger partial charge in [0.25, 0.3) is 0 Å². The van der Waals surface area contributed by atoms with Crippen molar-refractivity contribution in [1.29, 1.82) is 0 Å². The zero-order valence-corrected chi connectivity index (χ0v) is 10.7. The second-order valence-electron chi connectivity index (χ2n) is 4.99. The first-order valence-corrected chi connectivity index (χ1v) is 6.80. The minimum atomic E-state index is -0.0236. The van der Waals surface area contributed by atoms with E-state index in [0.717, 1.165) is 39.1 Å². The summed E-state index contributed by atoms with van der Waals surface area (Å²) in [5, 5.41) is 0. The van der Waals surface area contributed by atoms with E-state index in [4.69, 9.17) is 9.47 Å². The third-order valence-electron chi connectivity index (χ3n) is 3.61. The smallest absolute Gasteiger partial charge is 0.310 e. The Morgan fingerprint density at radius 2 is 2.29 bits per heavy atom. The zero-order valence-electron chi connectivity index (χ0n) is 10.7. The normalized spacial score (nSPS) is 30.4. The van der Waals surface area contributed by atoms with Crippen molar-refractivity contribution in [3.63, 3.8) is 0 Å². The molecule has 17 heavy (non-hydrogen) atoms. The van der Waals surface area contributed by atoms with Gasteiger partial charge in [-0.05, 0) is 39.2 Å². The van der Waals surface area contributed by atoms with E-state index in [1.807, 2.05) is 6.92 Å². The number of ether oxygens (including phenoxy) is 2. The van der Waals surface area contributed by atoms with Gasteiger partial charge in [0, 0.05) is 19.7 Å². The van der Waals surface area contributed by atoms with Gasteiger partial charge in [0.15, 0.2) is 0 Å². The topological polar surface area (TPSA) is 38.8 Å². The Balaban J connectivity index is 1.77. The third kappa shape index (κ3) is 3.68. The maximum absolute atomic E-state index is 11.7. The quantitative estimate of drug-likeness (QED) is 0.698. The summed E-state index contributed by atoms with van der Waals surface area (Å²) in [6.07, 6.45) is 4.80. The van der Waals surface area contributed by atoms with Crippen LogP contribution < -0.4 is 0 Å². The summed E-state index contributed by atoms with van der Waals surface area (Å²) in [5.41, 5.74) is 0. The molecular weight excluding hydrogens is 218 g/mol. The van der Waals surface area contributed by atoms with E-state index < -0.39 is 0 Å². The van der Waals surface area contributed by atoms with E-state index in [1.54, 1.807) is 0 Å². The number of piperidine rings is 1. The van der Waals surface area contributed by atoms with Crippen molar-refractivity contribution >= 4 is 5.97 Å². The number of carbonyl (C=O) groups is 1. The monoisotopic (exact) mass is 241 g/mol. The highest BCUT2D eigenvalue weighted by molar-refractivity contribution is 5.72. The summed E-state index contributed by atoms with van der Waals surface area (Å²) in [6.45, 7) is 6.18. The Kier molecular flexibility index (Phi) is 4.80. The van der Waals surface area contributed by atoms with Crippen molar-refractivity contribution in [2.24, 2.45) is 5.92 Å².